The Morgan fingerprint density at radius 2 is 1.57 bits per heavy atom. The van der Waals surface area contributed by atoms with Crippen molar-refractivity contribution in [1.29, 1.82) is 0 Å². The van der Waals surface area contributed by atoms with Crippen LogP contribution in [0.1, 0.15) is 33.7 Å². The number of rotatable bonds is 5. The van der Waals surface area contributed by atoms with Gasteiger partial charge in [0, 0.05) is 24.7 Å². The molecule has 0 bridgehead atoms. The van der Waals surface area contributed by atoms with Gasteiger partial charge in [-0.25, -0.2) is 0 Å². The molecule has 3 unspecified atom stereocenters. The van der Waals surface area contributed by atoms with Crippen LogP contribution in [0.4, 0.5) is 0 Å². The van der Waals surface area contributed by atoms with Crippen LogP contribution in [0.5, 0.6) is 23.0 Å². The van der Waals surface area contributed by atoms with E-state index in [4.69, 9.17) is 9.47 Å². The molecule has 28 heavy (non-hydrogen) atoms. The molecule has 4 N–H and O–H groups in total. The summed E-state index contributed by atoms with van der Waals surface area (Å²) in [6, 6.07) is 5.55. The molecule has 2 aromatic carbocycles. The quantitative estimate of drug-likeness (QED) is 0.628. The Hall–Kier alpha value is -2.44. The van der Waals surface area contributed by atoms with E-state index < -0.39 is 0 Å². The number of aromatic hydroxyl groups is 2. The second-order valence-electron chi connectivity index (χ2n) is 7.51. The Morgan fingerprint density at radius 1 is 0.929 bits per heavy atom. The van der Waals surface area contributed by atoms with Crippen LogP contribution in [0.2, 0.25) is 0 Å². The van der Waals surface area contributed by atoms with Crippen LogP contribution >= 0.6 is 0 Å². The second kappa shape index (κ2) is 7.89. The van der Waals surface area contributed by atoms with E-state index in [1.54, 1.807) is 6.07 Å². The highest BCUT2D eigenvalue weighted by Gasteiger charge is 2.40. The van der Waals surface area contributed by atoms with Gasteiger partial charge in [-0.3, -0.25) is 0 Å². The zero-order valence-corrected chi connectivity index (χ0v) is 16.7. The number of benzene rings is 2. The van der Waals surface area contributed by atoms with Gasteiger partial charge in [-0.15, -0.1) is 0 Å². The summed E-state index contributed by atoms with van der Waals surface area (Å²) in [4.78, 5) is 0. The molecule has 0 aromatic heterocycles. The lowest BCUT2D eigenvalue weighted by molar-refractivity contribution is 0.100. The summed E-state index contributed by atoms with van der Waals surface area (Å²) in [5.41, 5.74) is 4.05. The fourth-order valence-corrected chi connectivity index (χ4v) is 4.52. The number of methoxy groups -OCH3 is 2. The van der Waals surface area contributed by atoms with E-state index in [-0.39, 0.29) is 42.5 Å². The minimum atomic E-state index is -0.310. The van der Waals surface area contributed by atoms with Crippen LogP contribution in [0.3, 0.4) is 0 Å². The highest BCUT2D eigenvalue weighted by Crippen LogP contribution is 2.53. The lowest BCUT2D eigenvalue weighted by Gasteiger charge is -2.39. The molecule has 3 rings (SSSR count). The van der Waals surface area contributed by atoms with Gasteiger partial charge in [-0.05, 0) is 60.4 Å². The Balaban J connectivity index is 2.33. The fraction of sp³-hybridized carbons (Fsp3) is 0.455. The van der Waals surface area contributed by atoms with Crippen molar-refractivity contribution >= 4 is 0 Å². The summed E-state index contributed by atoms with van der Waals surface area (Å²) in [7, 11) is 2.97. The average molecular weight is 388 g/mol. The van der Waals surface area contributed by atoms with Gasteiger partial charge in [0.25, 0.3) is 0 Å². The van der Waals surface area contributed by atoms with E-state index in [0.717, 1.165) is 27.8 Å². The molecule has 2 aromatic rings. The first-order chi connectivity index (χ1) is 13.4. The number of fused-ring (bicyclic) bond motifs is 1. The smallest absolute Gasteiger partial charge is 0.201 e. The highest BCUT2D eigenvalue weighted by molar-refractivity contribution is 5.62. The lowest BCUT2D eigenvalue weighted by atomic mass is 9.66. The van der Waals surface area contributed by atoms with Gasteiger partial charge in [0.1, 0.15) is 5.75 Å². The summed E-state index contributed by atoms with van der Waals surface area (Å²) < 4.78 is 10.9. The van der Waals surface area contributed by atoms with Gasteiger partial charge >= 0.3 is 0 Å². The van der Waals surface area contributed by atoms with Crippen LogP contribution in [-0.4, -0.2) is 47.9 Å². The van der Waals surface area contributed by atoms with Crippen molar-refractivity contribution in [3.8, 4) is 23.0 Å². The van der Waals surface area contributed by atoms with E-state index in [1.165, 1.54) is 14.2 Å². The van der Waals surface area contributed by atoms with E-state index in [1.807, 2.05) is 26.0 Å². The number of aryl methyl sites for hydroxylation is 2. The van der Waals surface area contributed by atoms with Gasteiger partial charge in [0.2, 0.25) is 5.75 Å². The molecule has 0 spiro atoms. The number of aliphatic hydroxyl groups excluding tert-OH is 2. The van der Waals surface area contributed by atoms with E-state index in [0.29, 0.717) is 17.9 Å². The third-order valence-corrected chi connectivity index (χ3v) is 5.91. The van der Waals surface area contributed by atoms with Gasteiger partial charge in [0.15, 0.2) is 11.5 Å². The van der Waals surface area contributed by atoms with Crippen LogP contribution in [0, 0.1) is 25.7 Å². The first kappa shape index (κ1) is 20.3. The summed E-state index contributed by atoms with van der Waals surface area (Å²) in [5.74, 6) is 0.0573. The average Bonchev–Trinajstić information content (AvgIpc) is 2.69. The second-order valence-corrected chi connectivity index (χ2v) is 7.51. The largest absolute Gasteiger partial charge is 0.507 e. The van der Waals surface area contributed by atoms with Crippen molar-refractivity contribution in [2.75, 3.05) is 27.4 Å². The predicted molar refractivity (Wildman–Crippen MR) is 105 cm³/mol. The van der Waals surface area contributed by atoms with E-state index in [9.17, 15) is 20.4 Å². The van der Waals surface area contributed by atoms with Gasteiger partial charge in [-0.2, -0.15) is 0 Å². The summed E-state index contributed by atoms with van der Waals surface area (Å²) in [5, 5.41) is 41.0. The molecule has 0 radical (unpaired) electrons. The number of hydrogen-bond donors (Lipinski definition) is 4. The third kappa shape index (κ3) is 3.16. The molecule has 0 amide bonds. The normalized spacial score (nSPS) is 21.3. The fourth-order valence-electron chi connectivity index (χ4n) is 4.52. The van der Waals surface area contributed by atoms with Gasteiger partial charge in [-0.1, -0.05) is 12.1 Å². The summed E-state index contributed by atoms with van der Waals surface area (Å²) >= 11 is 0. The summed E-state index contributed by atoms with van der Waals surface area (Å²) in [6.45, 7) is 3.47. The Labute approximate surface area is 165 Å². The first-order valence-corrected chi connectivity index (χ1v) is 9.36. The number of phenols is 2. The van der Waals surface area contributed by atoms with Crippen molar-refractivity contribution in [3.63, 3.8) is 0 Å². The molecular weight excluding hydrogens is 360 g/mol. The minimum absolute atomic E-state index is 0.0667. The summed E-state index contributed by atoms with van der Waals surface area (Å²) in [6.07, 6.45) is 0.538. The number of phenolic OH excluding ortho intramolecular Hbond substituents is 2. The minimum Gasteiger partial charge on any atom is -0.507 e. The molecule has 6 heteroatoms. The topological polar surface area (TPSA) is 99.4 Å². The molecular formula is C22H28O6. The molecule has 152 valence electrons. The van der Waals surface area contributed by atoms with Crippen molar-refractivity contribution in [2.45, 2.75) is 26.2 Å². The Morgan fingerprint density at radius 3 is 2.07 bits per heavy atom. The number of hydrogen-bond acceptors (Lipinski definition) is 6. The van der Waals surface area contributed by atoms with Crippen LogP contribution < -0.4 is 9.47 Å². The number of ether oxygens (including phenoxy) is 2. The zero-order chi connectivity index (χ0) is 20.6. The predicted octanol–water partition coefficient (Wildman–Crippen LogP) is 2.64. The molecule has 0 aliphatic heterocycles. The van der Waals surface area contributed by atoms with Crippen molar-refractivity contribution in [2.24, 2.45) is 11.8 Å². The van der Waals surface area contributed by atoms with Gasteiger partial charge in [0.05, 0.1) is 14.2 Å². The van der Waals surface area contributed by atoms with Crippen LogP contribution in [-0.2, 0) is 6.42 Å². The SMILES string of the molecule is COc1cc2c(c(OC)c1O)C(c1cc(C)c(O)c(C)c1)C(CO)C(CO)C2. The maximum absolute atomic E-state index is 10.6. The molecule has 1 aliphatic rings. The molecule has 0 saturated carbocycles. The van der Waals surface area contributed by atoms with Crippen LogP contribution in [0.15, 0.2) is 18.2 Å². The Kier molecular flexibility index (Phi) is 5.72. The van der Waals surface area contributed by atoms with Crippen molar-refractivity contribution < 1.29 is 29.9 Å². The molecule has 0 fully saturated rings. The zero-order valence-electron chi connectivity index (χ0n) is 16.7. The van der Waals surface area contributed by atoms with Crippen molar-refractivity contribution in [3.05, 3.63) is 46.0 Å². The monoisotopic (exact) mass is 388 g/mol. The van der Waals surface area contributed by atoms with Crippen LogP contribution in [0.25, 0.3) is 0 Å². The molecule has 3 atom stereocenters. The van der Waals surface area contributed by atoms with E-state index in [2.05, 4.69) is 0 Å². The molecule has 0 heterocycles. The van der Waals surface area contributed by atoms with Gasteiger partial charge < -0.3 is 29.9 Å². The maximum Gasteiger partial charge on any atom is 0.201 e. The highest BCUT2D eigenvalue weighted by atomic mass is 16.5. The molecule has 6 nitrogen and oxygen atoms in total. The third-order valence-electron chi connectivity index (χ3n) is 5.91. The standard InChI is InChI=1S/C22H28O6/c1-11-5-13(6-12(2)20(11)25)18-16(10-24)15(9-23)7-14-8-17(27-3)21(26)22(28-4)19(14)18/h5-6,8,15-16,18,23-26H,7,9-10H2,1-4H3. The Bertz CT molecular complexity index is 853. The van der Waals surface area contributed by atoms with Crippen molar-refractivity contribution in [1.82, 2.24) is 0 Å². The molecule has 1 aliphatic carbocycles. The van der Waals surface area contributed by atoms with E-state index >= 15 is 0 Å². The molecule has 0 saturated heterocycles. The first-order valence-electron chi connectivity index (χ1n) is 9.36. The maximum atomic E-state index is 10.6. The lowest BCUT2D eigenvalue weighted by Crippen LogP contribution is -2.35. The number of aliphatic hydroxyl groups is 2.